The SMILES string of the molecule is CCCN1C(=O)[C@@H]2[C@@H](CC(CO)=C3[C@@H](CC/C(C)=C/c4cc(I)c(O)c(OC)c4)OB(O)C[C@@H]32)C1=O. The Balaban J connectivity index is 1.57. The summed E-state index contributed by atoms with van der Waals surface area (Å²) in [7, 11) is 0.483. The second-order valence-corrected chi connectivity index (χ2v) is 11.0. The van der Waals surface area contributed by atoms with E-state index in [2.05, 4.69) is 22.6 Å². The highest BCUT2D eigenvalue weighted by molar-refractivity contribution is 14.1. The predicted octanol–water partition coefficient (Wildman–Crippen LogP) is 3.39. The number of phenolic OH excluding ortho intramolecular Hbond substituents is 1. The molecule has 2 amide bonds. The zero-order valence-corrected chi connectivity index (χ0v) is 23.0. The first-order valence-electron chi connectivity index (χ1n) is 12.4. The first-order chi connectivity index (χ1) is 17.2. The van der Waals surface area contributed by atoms with Crippen molar-refractivity contribution < 1.29 is 34.2 Å². The number of carbonyl (C=O) groups excluding carboxylic acids is 2. The molecule has 1 aromatic rings. The minimum Gasteiger partial charge on any atom is -0.504 e. The number of imide groups is 1. The molecule has 2 fully saturated rings. The smallest absolute Gasteiger partial charge is 0.455 e. The fraction of sp³-hybridized carbons (Fsp3) is 0.538. The number of methoxy groups -OCH3 is 1. The van der Waals surface area contributed by atoms with Crippen molar-refractivity contribution in [3.63, 3.8) is 0 Å². The molecule has 0 aromatic heterocycles. The standard InChI is InChI=1S/C26H33BINO7/c1-4-7-29-25(32)17-11-16(13-30)22-18(23(17)26(29)33)12-27(34)36-20(22)6-5-14(2)8-15-9-19(28)24(31)21(10-15)35-3/h8-10,17-18,20,23,30-31,34H,4-7,11-13H2,1-3H3/b14-8+/t17-,18+,20-,23-/m1/s1. The summed E-state index contributed by atoms with van der Waals surface area (Å²) in [5, 5.41) is 30.9. The van der Waals surface area contributed by atoms with E-state index in [1.807, 2.05) is 26.0 Å². The van der Waals surface area contributed by atoms with Gasteiger partial charge in [-0.15, -0.1) is 0 Å². The van der Waals surface area contributed by atoms with Crippen molar-refractivity contribution in [3.05, 3.63) is 38.0 Å². The fourth-order valence-corrected chi connectivity index (χ4v) is 6.59. The maximum atomic E-state index is 13.2. The van der Waals surface area contributed by atoms with Gasteiger partial charge in [-0.2, -0.15) is 0 Å². The summed E-state index contributed by atoms with van der Waals surface area (Å²) in [5.41, 5.74) is 3.62. The Hall–Kier alpha value is -1.89. The third kappa shape index (κ3) is 5.10. The van der Waals surface area contributed by atoms with Crippen LogP contribution in [0.1, 0.15) is 45.1 Å². The van der Waals surface area contributed by atoms with Crippen LogP contribution in [0, 0.1) is 21.3 Å². The van der Waals surface area contributed by atoms with E-state index in [4.69, 9.17) is 9.39 Å². The quantitative estimate of drug-likeness (QED) is 0.179. The Labute approximate surface area is 225 Å². The molecule has 2 aliphatic heterocycles. The molecule has 1 aliphatic carbocycles. The van der Waals surface area contributed by atoms with Gasteiger partial charge in [-0.05, 0) is 96.3 Å². The molecule has 194 valence electrons. The van der Waals surface area contributed by atoms with Gasteiger partial charge in [-0.25, -0.2) is 0 Å². The molecule has 2 heterocycles. The van der Waals surface area contributed by atoms with Crippen LogP contribution in [-0.4, -0.2) is 65.4 Å². The van der Waals surface area contributed by atoms with E-state index in [9.17, 15) is 24.8 Å². The summed E-state index contributed by atoms with van der Waals surface area (Å²) < 4.78 is 11.9. The molecule has 36 heavy (non-hydrogen) atoms. The highest BCUT2D eigenvalue weighted by atomic mass is 127. The molecule has 4 rings (SSSR count). The van der Waals surface area contributed by atoms with E-state index in [1.54, 1.807) is 6.07 Å². The van der Waals surface area contributed by atoms with Crippen molar-refractivity contribution in [1.82, 2.24) is 4.90 Å². The van der Waals surface area contributed by atoms with E-state index in [1.165, 1.54) is 12.0 Å². The van der Waals surface area contributed by atoms with Gasteiger partial charge in [0.2, 0.25) is 11.8 Å². The number of aliphatic hydroxyl groups is 1. The maximum Gasteiger partial charge on any atom is 0.455 e. The van der Waals surface area contributed by atoms with Crippen LogP contribution in [-0.2, 0) is 14.2 Å². The molecule has 0 saturated carbocycles. The largest absolute Gasteiger partial charge is 0.504 e. The van der Waals surface area contributed by atoms with Gasteiger partial charge in [0.15, 0.2) is 11.5 Å². The fourth-order valence-electron chi connectivity index (χ4n) is 5.97. The summed E-state index contributed by atoms with van der Waals surface area (Å²) >= 11 is 2.06. The van der Waals surface area contributed by atoms with Crippen molar-refractivity contribution in [2.24, 2.45) is 17.8 Å². The Morgan fingerprint density at radius 1 is 1.31 bits per heavy atom. The number of benzene rings is 1. The van der Waals surface area contributed by atoms with Gasteiger partial charge in [-0.1, -0.05) is 18.6 Å². The van der Waals surface area contributed by atoms with E-state index >= 15 is 0 Å². The monoisotopic (exact) mass is 609 g/mol. The van der Waals surface area contributed by atoms with Crippen molar-refractivity contribution in [2.75, 3.05) is 20.3 Å². The van der Waals surface area contributed by atoms with Crippen LogP contribution in [0.15, 0.2) is 28.9 Å². The first kappa shape index (κ1) is 27.2. The van der Waals surface area contributed by atoms with E-state index in [0.29, 0.717) is 41.5 Å². The lowest BCUT2D eigenvalue weighted by atomic mass is 9.58. The lowest BCUT2D eigenvalue weighted by Gasteiger charge is -2.42. The zero-order valence-electron chi connectivity index (χ0n) is 20.9. The van der Waals surface area contributed by atoms with Crippen LogP contribution in [0.25, 0.3) is 6.08 Å². The first-order valence-corrected chi connectivity index (χ1v) is 13.5. The highest BCUT2D eigenvalue weighted by Gasteiger charge is 2.56. The Kier molecular flexibility index (Phi) is 8.48. The Bertz CT molecular complexity index is 1100. The molecule has 0 radical (unpaired) electrons. The number of carbonyl (C=O) groups is 2. The lowest BCUT2D eigenvalue weighted by Crippen LogP contribution is -2.46. The number of allylic oxidation sites excluding steroid dienone is 1. The van der Waals surface area contributed by atoms with Crippen LogP contribution in [0.4, 0.5) is 0 Å². The summed E-state index contributed by atoms with van der Waals surface area (Å²) in [6, 6.07) is 3.65. The van der Waals surface area contributed by atoms with Crippen LogP contribution in [0.5, 0.6) is 11.5 Å². The summed E-state index contributed by atoms with van der Waals surface area (Å²) in [4.78, 5) is 27.6. The number of amides is 2. The van der Waals surface area contributed by atoms with Crippen molar-refractivity contribution in [1.29, 1.82) is 0 Å². The number of hydrogen-bond acceptors (Lipinski definition) is 7. The minimum absolute atomic E-state index is 0.111. The average molecular weight is 609 g/mol. The minimum atomic E-state index is -1.03. The number of rotatable bonds is 8. The molecule has 8 nitrogen and oxygen atoms in total. The van der Waals surface area contributed by atoms with Crippen LogP contribution >= 0.6 is 22.6 Å². The summed E-state index contributed by atoms with van der Waals surface area (Å²) in [6.07, 6.45) is 4.10. The summed E-state index contributed by atoms with van der Waals surface area (Å²) in [6.45, 7) is 4.14. The van der Waals surface area contributed by atoms with Crippen molar-refractivity contribution in [2.45, 2.75) is 52.0 Å². The molecule has 3 aliphatic rings. The van der Waals surface area contributed by atoms with E-state index < -0.39 is 25.1 Å². The Morgan fingerprint density at radius 3 is 2.72 bits per heavy atom. The van der Waals surface area contributed by atoms with Gasteiger partial charge in [0, 0.05) is 6.54 Å². The topological polar surface area (TPSA) is 117 Å². The lowest BCUT2D eigenvalue weighted by molar-refractivity contribution is -0.140. The number of hydrogen-bond donors (Lipinski definition) is 3. The van der Waals surface area contributed by atoms with Crippen LogP contribution < -0.4 is 4.74 Å². The zero-order chi connectivity index (χ0) is 26.1. The number of fused-ring (bicyclic) bond motifs is 3. The van der Waals surface area contributed by atoms with Crippen molar-refractivity contribution >= 4 is 47.6 Å². The number of halogens is 1. The molecule has 3 N–H and O–H groups in total. The number of aromatic hydroxyl groups is 1. The second-order valence-electron chi connectivity index (χ2n) is 9.89. The maximum absolute atomic E-state index is 13.2. The number of nitrogens with zero attached hydrogens (tertiary/aromatic N) is 1. The average Bonchev–Trinajstić information content (AvgIpc) is 3.08. The van der Waals surface area contributed by atoms with Crippen LogP contribution in [0.3, 0.4) is 0 Å². The second kappa shape index (κ2) is 11.2. The molecule has 10 heteroatoms. The van der Waals surface area contributed by atoms with Gasteiger partial charge in [0.1, 0.15) is 0 Å². The number of ether oxygens (including phenoxy) is 1. The molecule has 0 bridgehead atoms. The molecule has 4 atom stereocenters. The molecular weight excluding hydrogens is 576 g/mol. The van der Waals surface area contributed by atoms with Gasteiger partial charge in [0.25, 0.3) is 0 Å². The normalized spacial score (nSPS) is 26.4. The van der Waals surface area contributed by atoms with Gasteiger partial charge in [0.05, 0.1) is 35.2 Å². The molecular formula is C26H33BINO7. The molecule has 2 saturated heterocycles. The third-order valence-corrected chi connectivity index (χ3v) is 8.34. The third-order valence-electron chi connectivity index (χ3n) is 7.52. The van der Waals surface area contributed by atoms with Gasteiger partial charge >= 0.3 is 7.12 Å². The number of phenols is 1. The number of likely N-dealkylation sites (tertiary alicyclic amines) is 1. The molecule has 0 spiro atoms. The molecule has 0 unspecified atom stereocenters. The Morgan fingerprint density at radius 2 is 2.06 bits per heavy atom. The number of aliphatic hydroxyl groups excluding tert-OH is 1. The van der Waals surface area contributed by atoms with Crippen LogP contribution in [0.2, 0.25) is 6.32 Å². The molecule has 1 aromatic carbocycles. The van der Waals surface area contributed by atoms with Crippen molar-refractivity contribution in [3.8, 4) is 11.5 Å². The van der Waals surface area contributed by atoms with Gasteiger partial charge in [-0.3, -0.25) is 14.5 Å². The summed E-state index contributed by atoms with van der Waals surface area (Å²) in [5.74, 6) is -1.09. The van der Waals surface area contributed by atoms with E-state index in [-0.39, 0.29) is 36.4 Å². The highest BCUT2D eigenvalue weighted by Crippen LogP contribution is 2.50. The van der Waals surface area contributed by atoms with E-state index in [0.717, 1.165) is 22.3 Å². The van der Waals surface area contributed by atoms with Gasteiger partial charge < -0.3 is 24.6 Å². The predicted molar refractivity (Wildman–Crippen MR) is 144 cm³/mol.